The molecule has 0 amide bonds. The summed E-state index contributed by atoms with van der Waals surface area (Å²) in [6.07, 6.45) is 2.97. The van der Waals surface area contributed by atoms with Gasteiger partial charge in [-0.25, -0.2) is 9.48 Å². The highest BCUT2D eigenvalue weighted by atomic mass is 16.5. The van der Waals surface area contributed by atoms with Gasteiger partial charge in [0.15, 0.2) is 11.5 Å². The van der Waals surface area contributed by atoms with E-state index in [0.29, 0.717) is 30.7 Å². The Bertz CT molecular complexity index is 784. The predicted molar refractivity (Wildman–Crippen MR) is 86.3 cm³/mol. The molecule has 0 bridgehead atoms. The number of aliphatic carboxylic acids is 1. The molecule has 2 heterocycles. The molecular formula is C16H18N4O4. The molecule has 0 spiro atoms. The molecule has 1 atom stereocenters. The second kappa shape index (κ2) is 6.61. The number of aromatic nitrogens is 3. The zero-order valence-electron chi connectivity index (χ0n) is 13.4. The van der Waals surface area contributed by atoms with Crippen LogP contribution in [0.3, 0.4) is 0 Å². The number of nitrogens with zero attached hydrogens (tertiary/aromatic N) is 3. The lowest BCUT2D eigenvalue weighted by Crippen LogP contribution is -2.24. The van der Waals surface area contributed by atoms with Gasteiger partial charge < -0.3 is 19.9 Å². The summed E-state index contributed by atoms with van der Waals surface area (Å²) in [5.41, 5.74) is 0.890. The lowest BCUT2D eigenvalue weighted by Gasteiger charge is -2.23. The molecule has 1 aliphatic heterocycles. The Morgan fingerprint density at radius 1 is 1.29 bits per heavy atom. The molecule has 0 saturated heterocycles. The van der Waals surface area contributed by atoms with Crippen LogP contribution in [0.1, 0.15) is 25.5 Å². The number of anilines is 1. The van der Waals surface area contributed by atoms with Crippen molar-refractivity contribution in [2.24, 2.45) is 0 Å². The molecule has 8 nitrogen and oxygen atoms in total. The fourth-order valence-corrected chi connectivity index (χ4v) is 2.55. The van der Waals surface area contributed by atoms with E-state index in [1.54, 1.807) is 10.8 Å². The number of rotatable bonds is 6. The third kappa shape index (κ3) is 2.90. The van der Waals surface area contributed by atoms with Crippen LogP contribution in [0.15, 0.2) is 36.3 Å². The number of carboxylic acids is 1. The average Bonchev–Trinajstić information content (AvgIpc) is 3.04. The first-order chi connectivity index (χ1) is 11.6. The molecule has 3 rings (SSSR count). The quantitative estimate of drug-likeness (QED) is 0.836. The minimum atomic E-state index is -1.05. The van der Waals surface area contributed by atoms with Gasteiger partial charge in [-0.05, 0) is 37.6 Å². The monoisotopic (exact) mass is 330 g/mol. The van der Waals surface area contributed by atoms with E-state index < -0.39 is 12.0 Å². The van der Waals surface area contributed by atoms with Gasteiger partial charge in [0.2, 0.25) is 5.95 Å². The van der Waals surface area contributed by atoms with E-state index in [0.717, 1.165) is 5.56 Å². The number of ether oxygens (including phenoxy) is 2. The zero-order chi connectivity index (χ0) is 17.1. The van der Waals surface area contributed by atoms with E-state index in [1.165, 1.54) is 6.33 Å². The molecule has 0 aliphatic carbocycles. The Labute approximate surface area is 138 Å². The molecule has 0 radical (unpaired) electrons. The number of hydrogen-bond donors (Lipinski definition) is 2. The van der Waals surface area contributed by atoms with Crippen molar-refractivity contribution in [2.75, 3.05) is 18.5 Å². The van der Waals surface area contributed by atoms with Crippen molar-refractivity contribution < 1.29 is 19.4 Å². The fraction of sp³-hybridized carbons (Fsp3) is 0.312. The molecule has 1 aromatic heterocycles. The first-order valence-electron chi connectivity index (χ1n) is 7.65. The fourth-order valence-electron chi connectivity index (χ4n) is 2.55. The van der Waals surface area contributed by atoms with Gasteiger partial charge in [-0.15, -0.1) is 0 Å². The number of nitrogens with one attached hydrogen (secondary N) is 1. The number of carbonyl (C=O) groups is 1. The summed E-state index contributed by atoms with van der Waals surface area (Å²) in [7, 11) is 0. The molecule has 126 valence electrons. The molecular weight excluding hydrogens is 312 g/mol. The van der Waals surface area contributed by atoms with Crippen LogP contribution in [0.5, 0.6) is 11.5 Å². The van der Waals surface area contributed by atoms with Gasteiger partial charge >= 0.3 is 5.97 Å². The maximum atomic E-state index is 11.3. The van der Waals surface area contributed by atoms with Crippen molar-refractivity contribution in [1.82, 2.24) is 14.8 Å². The van der Waals surface area contributed by atoms with Gasteiger partial charge in [0.05, 0.1) is 13.2 Å². The van der Waals surface area contributed by atoms with Crippen molar-refractivity contribution in [3.8, 4) is 11.5 Å². The lowest BCUT2D eigenvalue weighted by atomic mass is 10.0. The highest BCUT2D eigenvalue weighted by Crippen LogP contribution is 2.34. The van der Waals surface area contributed by atoms with Crippen LogP contribution in [0.4, 0.5) is 5.95 Å². The predicted octanol–water partition coefficient (Wildman–Crippen LogP) is 2.06. The van der Waals surface area contributed by atoms with Crippen LogP contribution in [0.2, 0.25) is 0 Å². The molecule has 1 aromatic carbocycles. The normalized spacial score (nSPS) is 15.9. The number of allylic oxidation sites excluding steroid dienone is 1. The van der Waals surface area contributed by atoms with Crippen LogP contribution < -0.4 is 14.8 Å². The molecule has 0 saturated carbocycles. The first kappa shape index (κ1) is 15.9. The number of carboxylic acid groups (broad SMARTS) is 1. The van der Waals surface area contributed by atoms with Gasteiger partial charge in [-0.2, -0.15) is 10.1 Å². The average molecular weight is 330 g/mol. The van der Waals surface area contributed by atoms with Crippen LogP contribution in [0.25, 0.3) is 0 Å². The Kier molecular flexibility index (Phi) is 4.37. The molecule has 0 fully saturated rings. The van der Waals surface area contributed by atoms with Crippen LogP contribution in [0, 0.1) is 0 Å². The largest absolute Gasteiger partial charge is 0.490 e. The summed E-state index contributed by atoms with van der Waals surface area (Å²) >= 11 is 0. The smallest absolute Gasteiger partial charge is 0.352 e. The summed E-state index contributed by atoms with van der Waals surface area (Å²) in [4.78, 5) is 15.4. The Hall–Kier alpha value is -3.03. The summed E-state index contributed by atoms with van der Waals surface area (Å²) in [6, 6.07) is 5.12. The highest BCUT2D eigenvalue weighted by molar-refractivity contribution is 5.90. The number of fused-ring (bicyclic) bond motifs is 1. The Morgan fingerprint density at radius 3 is 2.75 bits per heavy atom. The highest BCUT2D eigenvalue weighted by Gasteiger charge is 2.26. The first-order valence-corrected chi connectivity index (χ1v) is 7.65. The second-order valence-electron chi connectivity index (χ2n) is 5.06. The maximum Gasteiger partial charge on any atom is 0.352 e. The van der Waals surface area contributed by atoms with Crippen molar-refractivity contribution in [3.05, 3.63) is 41.9 Å². The van der Waals surface area contributed by atoms with Crippen LogP contribution >= 0.6 is 0 Å². The second-order valence-corrected chi connectivity index (χ2v) is 5.06. The molecule has 24 heavy (non-hydrogen) atoms. The van der Waals surface area contributed by atoms with Crippen LogP contribution in [-0.2, 0) is 4.79 Å². The topological polar surface area (TPSA) is 98.5 Å². The lowest BCUT2D eigenvalue weighted by molar-refractivity contribution is -0.132. The molecule has 8 heteroatoms. The third-order valence-electron chi connectivity index (χ3n) is 3.55. The third-order valence-corrected chi connectivity index (χ3v) is 3.55. The van der Waals surface area contributed by atoms with E-state index >= 15 is 0 Å². The maximum absolute atomic E-state index is 11.3. The van der Waals surface area contributed by atoms with Crippen LogP contribution in [-0.4, -0.2) is 39.1 Å². The Balaban J connectivity index is 2.04. The van der Waals surface area contributed by atoms with Crippen molar-refractivity contribution in [1.29, 1.82) is 0 Å². The van der Waals surface area contributed by atoms with Crippen molar-refractivity contribution in [2.45, 2.75) is 19.9 Å². The Morgan fingerprint density at radius 2 is 2.04 bits per heavy atom. The van der Waals surface area contributed by atoms with Crippen molar-refractivity contribution >= 4 is 11.9 Å². The van der Waals surface area contributed by atoms with Gasteiger partial charge in [0, 0.05) is 0 Å². The van der Waals surface area contributed by atoms with E-state index in [2.05, 4.69) is 15.4 Å². The van der Waals surface area contributed by atoms with Crippen molar-refractivity contribution in [3.63, 3.8) is 0 Å². The van der Waals surface area contributed by atoms with Gasteiger partial charge in [-0.1, -0.05) is 6.07 Å². The molecule has 2 N–H and O–H groups in total. The van der Waals surface area contributed by atoms with Gasteiger partial charge in [0.1, 0.15) is 18.1 Å². The van der Waals surface area contributed by atoms with E-state index in [-0.39, 0.29) is 5.70 Å². The van der Waals surface area contributed by atoms with E-state index in [4.69, 9.17) is 9.47 Å². The summed E-state index contributed by atoms with van der Waals surface area (Å²) < 4.78 is 12.8. The van der Waals surface area contributed by atoms with Gasteiger partial charge in [-0.3, -0.25) is 0 Å². The minimum Gasteiger partial charge on any atom is -0.490 e. The SMILES string of the molecule is CCOc1ccc([C@H]2C=C(C(=O)O)Nc3ncnn32)cc1OCC. The molecule has 1 aliphatic rings. The van der Waals surface area contributed by atoms with E-state index in [9.17, 15) is 9.90 Å². The standard InChI is InChI=1S/C16H18N4O4/c1-3-23-13-6-5-10(7-14(13)24-4-2)12-8-11(15(21)22)19-16-17-9-18-20(12)16/h5-9,12H,3-4H2,1-2H3,(H,21,22)(H,17,18,19)/t12-/m1/s1. The molecule has 2 aromatic rings. The molecule has 0 unspecified atom stereocenters. The summed E-state index contributed by atoms with van der Waals surface area (Å²) in [6.45, 7) is 4.83. The number of benzene rings is 1. The van der Waals surface area contributed by atoms with Gasteiger partial charge in [0.25, 0.3) is 0 Å². The zero-order valence-corrected chi connectivity index (χ0v) is 13.4. The summed E-state index contributed by atoms with van der Waals surface area (Å²) in [5.74, 6) is 0.595. The van der Waals surface area contributed by atoms with E-state index in [1.807, 2.05) is 32.0 Å². The number of hydrogen-bond acceptors (Lipinski definition) is 6. The summed E-state index contributed by atoms with van der Waals surface area (Å²) in [5, 5.41) is 16.2. The minimum absolute atomic E-state index is 0.0624.